The van der Waals surface area contributed by atoms with Gasteiger partial charge in [-0.25, -0.2) is 9.78 Å². The predicted octanol–water partition coefficient (Wildman–Crippen LogP) is 4.83. The van der Waals surface area contributed by atoms with Crippen LogP contribution in [0.3, 0.4) is 0 Å². The second-order valence-corrected chi connectivity index (χ2v) is 13.4. The molecule has 1 saturated carbocycles. The summed E-state index contributed by atoms with van der Waals surface area (Å²) in [6, 6.07) is 5.87. The van der Waals surface area contributed by atoms with Gasteiger partial charge in [-0.15, -0.1) is 11.3 Å². The number of nitrogens with zero attached hydrogens (tertiary/aromatic N) is 6. The topological polar surface area (TPSA) is 113 Å². The van der Waals surface area contributed by atoms with Crippen molar-refractivity contribution < 1.29 is 19.1 Å². The lowest BCUT2D eigenvalue weighted by molar-refractivity contribution is 0.0183. The molecule has 0 bridgehead atoms. The van der Waals surface area contributed by atoms with Crippen molar-refractivity contribution in [1.29, 1.82) is 0 Å². The largest absolute Gasteiger partial charge is 0.490 e. The molecule has 2 aromatic heterocycles. The lowest BCUT2D eigenvalue weighted by atomic mass is 10.0. The van der Waals surface area contributed by atoms with Gasteiger partial charge >= 0.3 is 6.09 Å². The van der Waals surface area contributed by atoms with Gasteiger partial charge < -0.3 is 24.6 Å². The van der Waals surface area contributed by atoms with Gasteiger partial charge in [0.15, 0.2) is 0 Å². The third-order valence-corrected chi connectivity index (χ3v) is 9.09. The van der Waals surface area contributed by atoms with Crippen LogP contribution in [0, 0.1) is 6.92 Å². The summed E-state index contributed by atoms with van der Waals surface area (Å²) >= 11 is 1.39. The molecule has 0 spiro atoms. The fourth-order valence-electron chi connectivity index (χ4n) is 5.90. The number of nitrogens with one attached hydrogen (secondary N) is 1. The number of ether oxygens (including phenoxy) is 2. The molecule has 0 unspecified atom stereocenters. The van der Waals surface area contributed by atoms with Gasteiger partial charge in [-0.2, -0.15) is 10.2 Å². The summed E-state index contributed by atoms with van der Waals surface area (Å²) in [5.41, 5.74) is 3.27. The van der Waals surface area contributed by atoms with Crippen molar-refractivity contribution in [3.8, 4) is 16.3 Å². The zero-order valence-electron chi connectivity index (χ0n) is 25.4. The molecule has 3 aromatic rings. The molecule has 11 nitrogen and oxygen atoms in total. The lowest BCUT2D eigenvalue weighted by Crippen LogP contribution is -2.57. The monoisotopic (exact) mass is 605 g/mol. The number of benzene rings is 1. The highest BCUT2D eigenvalue weighted by atomic mass is 32.1. The molecule has 228 valence electrons. The van der Waals surface area contributed by atoms with Crippen LogP contribution in [-0.2, 0) is 4.74 Å². The number of carbonyl (C=O) groups excluding carboxylic acids is 2. The second-order valence-electron chi connectivity index (χ2n) is 12.5. The third-order valence-electron chi connectivity index (χ3n) is 8.20. The van der Waals surface area contributed by atoms with E-state index in [0.29, 0.717) is 22.9 Å². The smallest absolute Gasteiger partial charge is 0.410 e. The van der Waals surface area contributed by atoms with Crippen molar-refractivity contribution in [3.63, 3.8) is 0 Å². The highest BCUT2D eigenvalue weighted by Gasteiger charge is 2.43. The first-order valence-electron chi connectivity index (χ1n) is 14.9. The number of aromatic nitrogens is 3. The predicted molar refractivity (Wildman–Crippen MR) is 166 cm³/mol. The number of fused-ring (bicyclic) bond motifs is 1. The summed E-state index contributed by atoms with van der Waals surface area (Å²) in [6.45, 7) is 11.0. The minimum absolute atomic E-state index is 0.0259. The van der Waals surface area contributed by atoms with E-state index in [0.717, 1.165) is 61.5 Å². The van der Waals surface area contributed by atoms with Crippen molar-refractivity contribution in [2.75, 3.05) is 43.4 Å². The van der Waals surface area contributed by atoms with Gasteiger partial charge in [0.05, 0.1) is 35.9 Å². The Morgan fingerprint density at radius 2 is 1.91 bits per heavy atom. The number of thiazole rings is 1. The van der Waals surface area contributed by atoms with E-state index in [2.05, 4.69) is 37.2 Å². The van der Waals surface area contributed by atoms with Gasteiger partial charge in [-0.1, -0.05) is 0 Å². The molecule has 6 rings (SSSR count). The maximum absolute atomic E-state index is 13.5. The summed E-state index contributed by atoms with van der Waals surface area (Å²) in [6.07, 6.45) is 6.21. The molecule has 2 amide bonds. The molecule has 1 aliphatic carbocycles. The quantitative estimate of drug-likeness (QED) is 0.405. The Hall–Kier alpha value is -3.77. The number of hydrogen-bond acceptors (Lipinski definition) is 10. The molecular formula is C31H39N7O4S. The number of likely N-dealkylation sites (N-methyl/N-ethyl adjacent to an activating group) is 1. The number of hydrogen-bond donors (Lipinski definition) is 1. The average molecular weight is 606 g/mol. The van der Waals surface area contributed by atoms with Crippen LogP contribution in [0.1, 0.15) is 56.1 Å². The number of carbonyl (C=O) groups is 2. The lowest BCUT2D eigenvalue weighted by Gasteiger charge is -2.43. The van der Waals surface area contributed by atoms with E-state index in [1.165, 1.54) is 11.3 Å². The van der Waals surface area contributed by atoms with Crippen LogP contribution in [-0.4, -0.2) is 94.0 Å². The molecule has 2 atom stereocenters. The van der Waals surface area contributed by atoms with Crippen molar-refractivity contribution in [1.82, 2.24) is 25.0 Å². The van der Waals surface area contributed by atoms with E-state index < -0.39 is 5.60 Å². The summed E-state index contributed by atoms with van der Waals surface area (Å²) < 4.78 is 12.0. The first-order valence-corrected chi connectivity index (χ1v) is 15.7. The van der Waals surface area contributed by atoms with E-state index >= 15 is 0 Å². The van der Waals surface area contributed by atoms with E-state index in [1.54, 1.807) is 22.7 Å². The summed E-state index contributed by atoms with van der Waals surface area (Å²) in [5, 5.41) is 13.4. The van der Waals surface area contributed by atoms with Crippen LogP contribution in [0.15, 0.2) is 36.0 Å². The van der Waals surface area contributed by atoms with Gasteiger partial charge in [-0.3, -0.25) is 9.69 Å². The zero-order valence-corrected chi connectivity index (χ0v) is 26.2. The van der Waals surface area contributed by atoms with Gasteiger partial charge in [0, 0.05) is 55.8 Å². The van der Waals surface area contributed by atoms with Crippen molar-refractivity contribution in [3.05, 3.63) is 47.2 Å². The van der Waals surface area contributed by atoms with Crippen LogP contribution in [0.2, 0.25) is 0 Å². The van der Waals surface area contributed by atoms with Gasteiger partial charge in [0.2, 0.25) is 0 Å². The first kappa shape index (κ1) is 29.3. The van der Waals surface area contributed by atoms with Gasteiger partial charge in [0.25, 0.3) is 5.91 Å². The van der Waals surface area contributed by atoms with Crippen LogP contribution in [0.4, 0.5) is 16.2 Å². The molecule has 2 aliphatic heterocycles. The Morgan fingerprint density at radius 1 is 1.09 bits per heavy atom. The number of anilines is 2. The summed E-state index contributed by atoms with van der Waals surface area (Å²) in [7, 11) is 1.84. The summed E-state index contributed by atoms with van der Waals surface area (Å²) in [4.78, 5) is 37.6. The Bertz CT molecular complexity index is 1490. The normalized spacial score (nSPS) is 20.4. The van der Waals surface area contributed by atoms with E-state index in [-0.39, 0.29) is 30.2 Å². The van der Waals surface area contributed by atoms with Crippen molar-refractivity contribution in [2.45, 2.75) is 70.7 Å². The number of piperazine rings is 1. The maximum atomic E-state index is 13.5. The fourth-order valence-corrected chi connectivity index (χ4v) is 6.69. The minimum atomic E-state index is -0.554. The second kappa shape index (κ2) is 11.7. The molecule has 0 radical (unpaired) electrons. The minimum Gasteiger partial charge on any atom is -0.490 e. The molecule has 3 aliphatic rings. The SMILES string of the molecule is Cc1c(OC2CC2)ccc(NC(=O)c2csc(-c3ccnnc3)n2)c1N1CCN2CC[C@@H](N(C)C(=O)OC(C)(C)C)[C@@H]2C1. The molecule has 3 fully saturated rings. The standard InChI is InChI=1S/C31H39N7O4S/c1-19-26(41-21-6-7-21)9-8-22(34-28(39)23-18-43-29(35-23)20-10-12-32-33-16-20)27(19)38-15-14-37-13-11-24(25(37)17-38)36(5)30(40)42-31(2,3)4/h8-10,12,16,18,21,24-25H,6-7,11,13-15,17H2,1-5H3,(H,34,39)/t24-,25+/m1/s1. The molecule has 1 aromatic carbocycles. The Kier molecular flexibility index (Phi) is 7.99. The van der Waals surface area contributed by atoms with Crippen LogP contribution < -0.4 is 15.0 Å². The molecular weight excluding hydrogens is 566 g/mol. The number of rotatable bonds is 7. The number of amides is 2. The molecule has 43 heavy (non-hydrogen) atoms. The highest BCUT2D eigenvalue weighted by molar-refractivity contribution is 7.13. The Labute approximate surface area is 256 Å². The third kappa shape index (κ3) is 6.45. The van der Waals surface area contributed by atoms with Crippen LogP contribution >= 0.6 is 11.3 Å². The molecule has 12 heteroatoms. The van der Waals surface area contributed by atoms with Gasteiger partial charge in [-0.05, 0) is 65.2 Å². The first-order chi connectivity index (χ1) is 20.6. The van der Waals surface area contributed by atoms with E-state index in [1.807, 2.05) is 46.0 Å². The van der Waals surface area contributed by atoms with Crippen molar-refractivity contribution >= 4 is 34.7 Å². The fraction of sp³-hybridized carbons (Fsp3) is 0.516. The highest BCUT2D eigenvalue weighted by Crippen LogP contribution is 2.41. The molecule has 1 N–H and O–H groups in total. The summed E-state index contributed by atoms with van der Waals surface area (Å²) in [5.74, 6) is 0.566. The van der Waals surface area contributed by atoms with E-state index in [4.69, 9.17) is 9.47 Å². The zero-order chi connectivity index (χ0) is 30.3. The Morgan fingerprint density at radius 3 is 2.63 bits per heavy atom. The van der Waals surface area contributed by atoms with Crippen molar-refractivity contribution in [2.24, 2.45) is 0 Å². The van der Waals surface area contributed by atoms with E-state index in [9.17, 15) is 9.59 Å². The average Bonchev–Trinajstić information content (AvgIpc) is 3.47. The molecule has 2 saturated heterocycles. The van der Waals surface area contributed by atoms with Crippen LogP contribution in [0.5, 0.6) is 5.75 Å². The Balaban J connectivity index is 1.25. The maximum Gasteiger partial charge on any atom is 0.410 e. The van der Waals surface area contributed by atoms with Gasteiger partial charge in [0.1, 0.15) is 22.1 Å². The van der Waals surface area contributed by atoms with Crippen LogP contribution in [0.25, 0.3) is 10.6 Å². The molecule has 4 heterocycles.